The summed E-state index contributed by atoms with van der Waals surface area (Å²) in [5, 5.41) is 0.179. The molecule has 0 radical (unpaired) electrons. The predicted octanol–water partition coefficient (Wildman–Crippen LogP) is 2.47. The number of pyridine rings is 1. The van der Waals surface area contributed by atoms with E-state index in [1.54, 1.807) is 24.2 Å². The minimum atomic E-state index is 0.179. The fourth-order valence-corrected chi connectivity index (χ4v) is 2.91. The molecule has 0 N–H and O–H groups in total. The Labute approximate surface area is 88.1 Å². The van der Waals surface area contributed by atoms with Crippen molar-refractivity contribution in [1.29, 1.82) is 0 Å². The van der Waals surface area contributed by atoms with E-state index in [0.717, 1.165) is 23.3 Å². The van der Waals surface area contributed by atoms with Gasteiger partial charge in [-0.15, -0.1) is 0 Å². The second-order valence-corrected chi connectivity index (χ2v) is 4.87. The van der Waals surface area contributed by atoms with Gasteiger partial charge in [0.05, 0.1) is 5.25 Å². The summed E-state index contributed by atoms with van der Waals surface area (Å²) in [5.74, 6) is 1.38. The van der Waals surface area contributed by atoms with Gasteiger partial charge in [0.15, 0.2) is 5.78 Å². The highest BCUT2D eigenvalue weighted by atomic mass is 32.2. The van der Waals surface area contributed by atoms with Crippen LogP contribution in [0, 0.1) is 6.92 Å². The van der Waals surface area contributed by atoms with Crippen molar-refractivity contribution in [3.8, 4) is 0 Å². The molecule has 2 rings (SSSR count). The molecule has 1 unspecified atom stereocenters. The first-order valence-corrected chi connectivity index (χ1v) is 5.90. The number of ketones is 1. The van der Waals surface area contributed by atoms with Crippen LogP contribution in [-0.2, 0) is 0 Å². The van der Waals surface area contributed by atoms with Crippen molar-refractivity contribution in [2.75, 3.05) is 5.75 Å². The summed E-state index contributed by atoms with van der Waals surface area (Å²) in [6, 6.07) is 1.90. The number of carbonyl (C=O) groups is 1. The van der Waals surface area contributed by atoms with Crippen molar-refractivity contribution in [3.05, 3.63) is 29.6 Å². The molecule has 1 aromatic rings. The lowest BCUT2D eigenvalue weighted by Crippen LogP contribution is -2.15. The predicted molar refractivity (Wildman–Crippen MR) is 58.8 cm³/mol. The summed E-state index contributed by atoms with van der Waals surface area (Å²) in [5.41, 5.74) is 1.84. The van der Waals surface area contributed by atoms with Gasteiger partial charge in [-0.05, 0) is 37.1 Å². The molecule has 0 bridgehead atoms. The molecule has 2 heterocycles. The van der Waals surface area contributed by atoms with Crippen LogP contribution in [0.25, 0.3) is 0 Å². The Morgan fingerprint density at radius 1 is 1.64 bits per heavy atom. The first-order chi connectivity index (χ1) is 6.79. The Balaban J connectivity index is 2.22. The third kappa shape index (κ3) is 1.82. The average molecular weight is 207 g/mol. The Morgan fingerprint density at radius 2 is 2.50 bits per heavy atom. The molecule has 0 amide bonds. The SMILES string of the molecule is Cc1ccncc1C(=O)C1CCCS1. The maximum Gasteiger partial charge on any atom is 0.177 e. The molecule has 2 nitrogen and oxygen atoms in total. The lowest BCUT2D eigenvalue weighted by atomic mass is 10.0. The minimum absolute atomic E-state index is 0.179. The standard InChI is InChI=1S/C11H13NOS/c1-8-4-5-12-7-9(8)11(13)10-3-2-6-14-10/h4-5,7,10H,2-3,6H2,1H3. The van der Waals surface area contributed by atoms with E-state index >= 15 is 0 Å². The van der Waals surface area contributed by atoms with Crippen LogP contribution in [0.4, 0.5) is 0 Å². The summed E-state index contributed by atoms with van der Waals surface area (Å²) in [7, 11) is 0. The lowest BCUT2D eigenvalue weighted by Gasteiger charge is -2.08. The largest absolute Gasteiger partial charge is 0.293 e. The number of rotatable bonds is 2. The molecule has 1 saturated heterocycles. The van der Waals surface area contributed by atoms with Crippen molar-refractivity contribution < 1.29 is 4.79 Å². The number of thioether (sulfide) groups is 1. The van der Waals surface area contributed by atoms with E-state index in [4.69, 9.17) is 0 Å². The van der Waals surface area contributed by atoms with E-state index < -0.39 is 0 Å². The molecule has 1 aliphatic rings. The first kappa shape index (κ1) is 9.71. The van der Waals surface area contributed by atoms with Crippen molar-refractivity contribution in [1.82, 2.24) is 4.98 Å². The van der Waals surface area contributed by atoms with Crippen LogP contribution in [0.5, 0.6) is 0 Å². The zero-order valence-electron chi connectivity index (χ0n) is 8.19. The quantitative estimate of drug-likeness (QED) is 0.698. The summed E-state index contributed by atoms with van der Waals surface area (Å²) < 4.78 is 0. The highest BCUT2D eigenvalue weighted by molar-refractivity contribution is 8.00. The molecule has 0 spiro atoms. The highest BCUT2D eigenvalue weighted by Crippen LogP contribution is 2.29. The van der Waals surface area contributed by atoms with Gasteiger partial charge in [0, 0.05) is 18.0 Å². The van der Waals surface area contributed by atoms with Gasteiger partial charge in [0.1, 0.15) is 0 Å². The second-order valence-electron chi connectivity index (χ2n) is 3.56. The first-order valence-electron chi connectivity index (χ1n) is 4.85. The second kappa shape index (κ2) is 4.13. The van der Waals surface area contributed by atoms with E-state index in [1.807, 2.05) is 13.0 Å². The number of carbonyl (C=O) groups excluding carboxylic acids is 1. The molecule has 74 valence electrons. The van der Waals surface area contributed by atoms with Gasteiger partial charge >= 0.3 is 0 Å². The number of hydrogen-bond acceptors (Lipinski definition) is 3. The van der Waals surface area contributed by atoms with Crippen molar-refractivity contribution in [2.24, 2.45) is 0 Å². The van der Waals surface area contributed by atoms with Gasteiger partial charge in [-0.3, -0.25) is 9.78 Å². The zero-order valence-corrected chi connectivity index (χ0v) is 9.01. The Hall–Kier alpha value is -0.830. The van der Waals surface area contributed by atoms with Gasteiger partial charge in [-0.25, -0.2) is 0 Å². The molecule has 1 atom stereocenters. The maximum absolute atomic E-state index is 12.0. The van der Waals surface area contributed by atoms with Gasteiger partial charge in [-0.1, -0.05) is 0 Å². The average Bonchev–Trinajstić information content (AvgIpc) is 2.70. The lowest BCUT2D eigenvalue weighted by molar-refractivity contribution is 0.0987. The summed E-state index contributed by atoms with van der Waals surface area (Å²) in [6.45, 7) is 1.97. The number of aromatic nitrogens is 1. The number of aryl methyl sites for hydroxylation is 1. The molecule has 1 aromatic heterocycles. The molecular formula is C11H13NOS. The fraction of sp³-hybridized carbons (Fsp3) is 0.455. The van der Waals surface area contributed by atoms with Gasteiger partial charge in [0.2, 0.25) is 0 Å². The van der Waals surface area contributed by atoms with E-state index in [1.165, 1.54) is 6.42 Å². The summed E-state index contributed by atoms with van der Waals surface area (Å²) >= 11 is 1.78. The molecular weight excluding hydrogens is 194 g/mol. The van der Waals surface area contributed by atoms with Gasteiger partial charge in [-0.2, -0.15) is 11.8 Å². The topological polar surface area (TPSA) is 30.0 Å². The van der Waals surface area contributed by atoms with E-state index in [9.17, 15) is 4.79 Å². The highest BCUT2D eigenvalue weighted by Gasteiger charge is 2.25. The molecule has 3 heteroatoms. The Bertz CT molecular complexity index is 345. The van der Waals surface area contributed by atoms with Crippen molar-refractivity contribution in [3.63, 3.8) is 0 Å². The fourth-order valence-electron chi connectivity index (χ4n) is 1.68. The molecule has 1 fully saturated rings. The van der Waals surface area contributed by atoms with Crippen LogP contribution in [0.1, 0.15) is 28.8 Å². The van der Waals surface area contributed by atoms with E-state index in [0.29, 0.717) is 0 Å². The zero-order chi connectivity index (χ0) is 9.97. The van der Waals surface area contributed by atoms with E-state index in [-0.39, 0.29) is 11.0 Å². The molecule has 0 aromatic carbocycles. The minimum Gasteiger partial charge on any atom is -0.293 e. The number of nitrogens with zero attached hydrogens (tertiary/aromatic N) is 1. The van der Waals surface area contributed by atoms with E-state index in [2.05, 4.69) is 4.98 Å². The Morgan fingerprint density at radius 3 is 3.14 bits per heavy atom. The number of Topliss-reactive ketones (excluding diaryl/α,β-unsaturated/α-hetero) is 1. The summed E-state index contributed by atoms with van der Waals surface area (Å²) in [4.78, 5) is 16.0. The Kier molecular flexibility index (Phi) is 2.87. The molecule has 1 aliphatic heterocycles. The smallest absolute Gasteiger partial charge is 0.177 e. The monoisotopic (exact) mass is 207 g/mol. The van der Waals surface area contributed by atoms with Gasteiger partial charge in [0.25, 0.3) is 0 Å². The normalized spacial score (nSPS) is 21.1. The van der Waals surface area contributed by atoms with Gasteiger partial charge < -0.3 is 0 Å². The van der Waals surface area contributed by atoms with Crippen LogP contribution >= 0.6 is 11.8 Å². The van der Waals surface area contributed by atoms with Crippen LogP contribution < -0.4 is 0 Å². The van der Waals surface area contributed by atoms with Crippen molar-refractivity contribution in [2.45, 2.75) is 25.0 Å². The van der Waals surface area contributed by atoms with Crippen LogP contribution in [0.15, 0.2) is 18.5 Å². The third-order valence-corrected chi connectivity index (χ3v) is 3.90. The third-order valence-electron chi connectivity index (χ3n) is 2.53. The van der Waals surface area contributed by atoms with Crippen molar-refractivity contribution >= 4 is 17.5 Å². The molecule has 14 heavy (non-hydrogen) atoms. The maximum atomic E-state index is 12.0. The molecule has 0 saturated carbocycles. The van der Waals surface area contributed by atoms with Crippen LogP contribution in [-0.4, -0.2) is 21.8 Å². The molecule has 0 aliphatic carbocycles. The number of hydrogen-bond donors (Lipinski definition) is 0. The van der Waals surface area contributed by atoms with Crippen LogP contribution in [0.2, 0.25) is 0 Å². The summed E-state index contributed by atoms with van der Waals surface area (Å²) in [6.07, 6.45) is 5.61. The van der Waals surface area contributed by atoms with Crippen LogP contribution in [0.3, 0.4) is 0 Å².